The largest absolute Gasteiger partial charge is 0.387 e. The second kappa shape index (κ2) is 4.78. The van der Waals surface area contributed by atoms with E-state index in [0.717, 1.165) is 5.13 Å². The maximum Gasteiger partial charge on any atom is 0.205 e. The molecule has 0 aliphatic heterocycles. The number of nitrogens with one attached hydrogen (secondary N) is 1. The average Bonchev–Trinajstić information content (AvgIpc) is 2.52. The Labute approximate surface area is 85.8 Å². The number of anilines is 1. The van der Waals surface area contributed by atoms with Crippen LogP contribution >= 0.6 is 23.1 Å². The van der Waals surface area contributed by atoms with Gasteiger partial charge in [-0.2, -0.15) is 11.8 Å². The molecule has 0 bridgehead atoms. The molecule has 6 heteroatoms. The molecule has 0 radical (unpaired) electrons. The number of aliphatic hydroxyl groups is 1. The summed E-state index contributed by atoms with van der Waals surface area (Å²) in [4.78, 5) is 0. The molecule has 1 aromatic rings. The molecule has 13 heavy (non-hydrogen) atoms. The Morgan fingerprint density at radius 3 is 3.08 bits per heavy atom. The zero-order valence-electron chi connectivity index (χ0n) is 7.65. The smallest absolute Gasteiger partial charge is 0.205 e. The molecule has 1 rings (SSSR count). The van der Waals surface area contributed by atoms with E-state index in [2.05, 4.69) is 15.5 Å². The van der Waals surface area contributed by atoms with E-state index in [1.54, 1.807) is 24.2 Å². The van der Waals surface area contributed by atoms with Gasteiger partial charge in [0.1, 0.15) is 5.51 Å². The van der Waals surface area contributed by atoms with E-state index in [0.29, 0.717) is 12.3 Å². The van der Waals surface area contributed by atoms with Crippen LogP contribution in [0.1, 0.15) is 6.92 Å². The first-order valence-electron chi connectivity index (χ1n) is 3.85. The summed E-state index contributed by atoms with van der Waals surface area (Å²) in [6.45, 7) is 2.31. The second-order valence-electron chi connectivity index (χ2n) is 3.03. The lowest BCUT2D eigenvalue weighted by atomic mass is 10.1. The minimum atomic E-state index is -0.689. The Hall–Kier alpha value is -0.330. The minimum absolute atomic E-state index is 0.503. The summed E-state index contributed by atoms with van der Waals surface area (Å²) in [5, 5.41) is 21.1. The summed E-state index contributed by atoms with van der Waals surface area (Å²) in [7, 11) is 0. The predicted molar refractivity (Wildman–Crippen MR) is 57.4 cm³/mol. The van der Waals surface area contributed by atoms with Crippen molar-refractivity contribution in [2.24, 2.45) is 0 Å². The fourth-order valence-corrected chi connectivity index (χ4v) is 2.05. The molecule has 0 aliphatic rings. The molecule has 0 aromatic carbocycles. The first-order chi connectivity index (χ1) is 6.14. The SMILES string of the molecule is CSCC(C)(O)CNc1nncs1. The Bertz CT molecular complexity index is 238. The van der Waals surface area contributed by atoms with Crippen LogP contribution in [0.15, 0.2) is 5.51 Å². The highest BCUT2D eigenvalue weighted by atomic mass is 32.2. The number of nitrogens with zero attached hydrogens (tertiary/aromatic N) is 2. The van der Waals surface area contributed by atoms with Gasteiger partial charge >= 0.3 is 0 Å². The van der Waals surface area contributed by atoms with Gasteiger partial charge in [-0.25, -0.2) is 0 Å². The molecular formula is C7H13N3OS2. The number of hydrogen-bond acceptors (Lipinski definition) is 6. The summed E-state index contributed by atoms with van der Waals surface area (Å²) < 4.78 is 0. The summed E-state index contributed by atoms with van der Waals surface area (Å²) in [6, 6.07) is 0. The topological polar surface area (TPSA) is 58.0 Å². The number of rotatable bonds is 5. The van der Waals surface area contributed by atoms with E-state index in [9.17, 15) is 5.11 Å². The van der Waals surface area contributed by atoms with Crippen molar-refractivity contribution in [3.63, 3.8) is 0 Å². The second-order valence-corrected chi connectivity index (χ2v) is 4.73. The van der Waals surface area contributed by atoms with Crippen LogP contribution in [0.4, 0.5) is 5.13 Å². The predicted octanol–water partition coefficient (Wildman–Crippen LogP) is 1.06. The first-order valence-corrected chi connectivity index (χ1v) is 6.13. The van der Waals surface area contributed by atoms with Gasteiger partial charge in [-0.15, -0.1) is 10.2 Å². The summed E-state index contributed by atoms with van der Waals surface area (Å²) in [5.74, 6) is 0.707. The van der Waals surface area contributed by atoms with E-state index in [1.165, 1.54) is 11.3 Å². The van der Waals surface area contributed by atoms with Crippen LogP contribution in [-0.2, 0) is 0 Å². The maximum absolute atomic E-state index is 9.79. The van der Waals surface area contributed by atoms with Crippen LogP contribution in [0.25, 0.3) is 0 Å². The van der Waals surface area contributed by atoms with Crippen LogP contribution in [0.3, 0.4) is 0 Å². The molecule has 1 aromatic heterocycles. The lowest BCUT2D eigenvalue weighted by Gasteiger charge is -2.21. The molecular weight excluding hydrogens is 206 g/mol. The van der Waals surface area contributed by atoms with Gasteiger partial charge in [0.25, 0.3) is 0 Å². The third-order valence-corrected chi connectivity index (χ3v) is 3.00. The molecule has 0 saturated heterocycles. The van der Waals surface area contributed by atoms with Crippen molar-refractivity contribution >= 4 is 28.2 Å². The monoisotopic (exact) mass is 219 g/mol. The number of hydrogen-bond donors (Lipinski definition) is 2. The van der Waals surface area contributed by atoms with Crippen LogP contribution in [0.5, 0.6) is 0 Å². The van der Waals surface area contributed by atoms with Crippen LogP contribution < -0.4 is 5.32 Å². The van der Waals surface area contributed by atoms with Crippen LogP contribution in [0.2, 0.25) is 0 Å². The average molecular weight is 219 g/mol. The van der Waals surface area contributed by atoms with Crippen LogP contribution in [0, 0.1) is 0 Å². The van der Waals surface area contributed by atoms with Crippen LogP contribution in [-0.4, -0.2) is 39.5 Å². The molecule has 1 heterocycles. The number of thioether (sulfide) groups is 1. The summed E-state index contributed by atoms with van der Waals surface area (Å²) in [6.07, 6.45) is 1.97. The molecule has 1 atom stereocenters. The van der Waals surface area contributed by atoms with Crippen molar-refractivity contribution in [3.05, 3.63) is 5.51 Å². The summed E-state index contributed by atoms with van der Waals surface area (Å²) in [5.41, 5.74) is 0.969. The standard InChI is InChI=1S/C7H13N3OS2/c1-7(11,4-12-2)3-8-6-10-9-5-13-6/h5,11H,3-4H2,1-2H3,(H,8,10). The van der Waals surface area contributed by atoms with Gasteiger partial charge in [0, 0.05) is 12.3 Å². The Morgan fingerprint density at radius 1 is 1.77 bits per heavy atom. The molecule has 0 aliphatic carbocycles. The fraction of sp³-hybridized carbons (Fsp3) is 0.714. The highest BCUT2D eigenvalue weighted by Crippen LogP contribution is 2.13. The van der Waals surface area contributed by atoms with Crippen molar-refractivity contribution in [1.29, 1.82) is 0 Å². The third-order valence-electron chi connectivity index (χ3n) is 1.44. The zero-order valence-corrected chi connectivity index (χ0v) is 9.28. The molecule has 2 N–H and O–H groups in total. The first kappa shape index (κ1) is 10.7. The van der Waals surface area contributed by atoms with Gasteiger partial charge in [-0.05, 0) is 13.2 Å². The zero-order chi connectivity index (χ0) is 9.73. The fourth-order valence-electron chi connectivity index (χ4n) is 0.878. The third kappa shape index (κ3) is 3.93. The molecule has 0 spiro atoms. The van der Waals surface area contributed by atoms with Gasteiger partial charge in [0.15, 0.2) is 0 Å². The van der Waals surface area contributed by atoms with E-state index in [1.807, 2.05) is 6.26 Å². The van der Waals surface area contributed by atoms with Crippen molar-refractivity contribution < 1.29 is 5.11 Å². The van der Waals surface area contributed by atoms with Gasteiger partial charge in [0.2, 0.25) is 5.13 Å². The normalized spacial score (nSPS) is 15.3. The maximum atomic E-state index is 9.79. The van der Waals surface area contributed by atoms with E-state index < -0.39 is 5.60 Å². The molecule has 0 fully saturated rings. The van der Waals surface area contributed by atoms with E-state index in [-0.39, 0.29) is 0 Å². The Morgan fingerprint density at radius 2 is 2.54 bits per heavy atom. The van der Waals surface area contributed by atoms with Gasteiger partial charge < -0.3 is 10.4 Å². The van der Waals surface area contributed by atoms with E-state index >= 15 is 0 Å². The minimum Gasteiger partial charge on any atom is -0.387 e. The number of aromatic nitrogens is 2. The van der Waals surface area contributed by atoms with Gasteiger partial charge in [0.05, 0.1) is 5.60 Å². The van der Waals surface area contributed by atoms with Crippen molar-refractivity contribution in [3.8, 4) is 0 Å². The molecule has 1 unspecified atom stereocenters. The van der Waals surface area contributed by atoms with Crippen molar-refractivity contribution in [2.75, 3.05) is 23.9 Å². The highest BCUT2D eigenvalue weighted by Gasteiger charge is 2.19. The summed E-state index contributed by atoms with van der Waals surface area (Å²) >= 11 is 3.05. The van der Waals surface area contributed by atoms with Crippen molar-refractivity contribution in [1.82, 2.24) is 10.2 Å². The highest BCUT2D eigenvalue weighted by molar-refractivity contribution is 7.98. The Balaban J connectivity index is 2.33. The van der Waals surface area contributed by atoms with Crippen molar-refractivity contribution in [2.45, 2.75) is 12.5 Å². The lowest BCUT2D eigenvalue weighted by molar-refractivity contribution is 0.0997. The molecule has 0 amide bonds. The van der Waals surface area contributed by atoms with E-state index in [4.69, 9.17) is 0 Å². The lowest BCUT2D eigenvalue weighted by Crippen LogP contribution is -2.36. The molecule has 74 valence electrons. The Kier molecular flexibility index (Phi) is 3.95. The molecule has 4 nitrogen and oxygen atoms in total. The van der Waals surface area contributed by atoms with Gasteiger partial charge in [-0.1, -0.05) is 11.3 Å². The molecule has 0 saturated carbocycles. The van der Waals surface area contributed by atoms with Gasteiger partial charge in [-0.3, -0.25) is 0 Å². The quantitative estimate of drug-likeness (QED) is 0.775.